The minimum atomic E-state index is -0.711. The van der Waals surface area contributed by atoms with Gasteiger partial charge >= 0.3 is 0 Å². The molecule has 6 nitrogen and oxygen atoms in total. The van der Waals surface area contributed by atoms with Crippen LogP contribution < -0.4 is 10.1 Å². The average molecular weight is 566 g/mol. The Bertz CT molecular complexity index is 1360. The quantitative estimate of drug-likeness (QED) is 0.311. The molecule has 1 N–H and O–H groups in total. The number of para-hydroxylation sites is 1. The Morgan fingerprint density at radius 3 is 2.36 bits per heavy atom. The lowest BCUT2D eigenvalue weighted by Crippen LogP contribution is -2.36. The molecule has 0 atom stereocenters. The van der Waals surface area contributed by atoms with Crippen molar-refractivity contribution in [3.05, 3.63) is 97.6 Å². The van der Waals surface area contributed by atoms with Crippen molar-refractivity contribution in [1.82, 2.24) is 4.90 Å². The van der Waals surface area contributed by atoms with Gasteiger partial charge in [-0.1, -0.05) is 59.1 Å². The third-order valence-electron chi connectivity index (χ3n) is 4.94. The fourth-order valence-corrected chi connectivity index (χ4v) is 4.80. The Morgan fingerprint density at radius 2 is 1.69 bits per heavy atom. The number of rotatable bonds is 7. The van der Waals surface area contributed by atoms with Gasteiger partial charge in [0.05, 0.1) is 20.6 Å². The van der Waals surface area contributed by atoms with Crippen LogP contribution in [0.4, 0.5) is 14.9 Å². The predicted octanol–water partition coefficient (Wildman–Crippen LogP) is 7.04. The molecule has 1 saturated heterocycles. The van der Waals surface area contributed by atoms with E-state index in [0.29, 0.717) is 22.3 Å². The first kappa shape index (κ1) is 26.0. The molecule has 36 heavy (non-hydrogen) atoms. The molecule has 0 bridgehead atoms. The highest BCUT2D eigenvalue weighted by Crippen LogP contribution is 2.38. The first-order valence-electron chi connectivity index (χ1n) is 10.4. The topological polar surface area (TPSA) is 75.7 Å². The van der Waals surface area contributed by atoms with Crippen LogP contribution >= 0.6 is 46.6 Å². The van der Waals surface area contributed by atoms with Gasteiger partial charge in [0.2, 0.25) is 5.91 Å². The number of amides is 3. The van der Waals surface area contributed by atoms with Gasteiger partial charge in [0, 0.05) is 5.02 Å². The van der Waals surface area contributed by atoms with Crippen LogP contribution in [0.3, 0.4) is 0 Å². The zero-order valence-corrected chi connectivity index (χ0v) is 21.3. The van der Waals surface area contributed by atoms with Gasteiger partial charge in [-0.25, -0.2) is 4.39 Å². The number of hydrogen-bond donors (Lipinski definition) is 1. The van der Waals surface area contributed by atoms with Gasteiger partial charge in [0.25, 0.3) is 11.1 Å². The van der Waals surface area contributed by atoms with E-state index in [1.54, 1.807) is 30.3 Å². The number of anilines is 1. The lowest BCUT2D eigenvalue weighted by Gasteiger charge is -2.13. The number of nitrogens with zero attached hydrogens (tertiary/aromatic N) is 1. The maximum absolute atomic E-state index is 13.8. The van der Waals surface area contributed by atoms with E-state index < -0.39 is 29.4 Å². The molecule has 0 saturated carbocycles. The SMILES string of the molecule is O=C(CN1C(=O)S/C(=C\c2cc(Cl)c(OCc3ccc(Cl)cc3)c(Cl)c2)C1=O)Nc1ccccc1F. The molecule has 11 heteroatoms. The standard InChI is InChI=1S/C25H16Cl3FN2O4S/c26-16-7-5-14(6-8-16)13-35-23-17(27)9-15(10-18(23)28)11-21-24(33)31(25(34)36-21)12-22(32)30-20-4-2-1-3-19(20)29/h1-11H,12-13H2,(H,30,32)/b21-11-. The minimum Gasteiger partial charge on any atom is -0.486 e. The van der Waals surface area contributed by atoms with Gasteiger partial charge in [-0.05, 0) is 65.4 Å². The Morgan fingerprint density at radius 1 is 1.03 bits per heavy atom. The van der Waals surface area contributed by atoms with Crippen LogP contribution in [0.25, 0.3) is 6.08 Å². The molecule has 1 aliphatic rings. The van der Waals surface area contributed by atoms with Crippen LogP contribution in [0.2, 0.25) is 15.1 Å². The molecule has 184 valence electrons. The minimum absolute atomic E-state index is 0.0485. The highest BCUT2D eigenvalue weighted by molar-refractivity contribution is 8.18. The summed E-state index contributed by atoms with van der Waals surface area (Å²) in [5.74, 6) is -1.74. The van der Waals surface area contributed by atoms with E-state index in [4.69, 9.17) is 39.5 Å². The number of hydrogen-bond acceptors (Lipinski definition) is 5. The van der Waals surface area contributed by atoms with Crippen molar-refractivity contribution in [2.24, 2.45) is 0 Å². The van der Waals surface area contributed by atoms with Crippen molar-refractivity contribution in [3.8, 4) is 5.75 Å². The Hall–Kier alpha value is -3.04. The third kappa shape index (κ3) is 6.20. The van der Waals surface area contributed by atoms with Crippen LogP contribution in [-0.2, 0) is 16.2 Å². The highest BCUT2D eigenvalue weighted by Gasteiger charge is 2.36. The molecule has 0 unspecified atom stereocenters. The van der Waals surface area contributed by atoms with Crippen molar-refractivity contribution in [3.63, 3.8) is 0 Å². The molecule has 0 aromatic heterocycles. The second-order valence-corrected chi connectivity index (χ2v) is 9.77. The fraction of sp³-hybridized carbons (Fsp3) is 0.0800. The summed E-state index contributed by atoms with van der Waals surface area (Å²) in [7, 11) is 0. The van der Waals surface area contributed by atoms with Crippen molar-refractivity contribution < 1.29 is 23.5 Å². The van der Waals surface area contributed by atoms with E-state index in [9.17, 15) is 18.8 Å². The number of thioether (sulfide) groups is 1. The average Bonchev–Trinajstić information content (AvgIpc) is 3.08. The third-order valence-corrected chi connectivity index (χ3v) is 6.66. The van der Waals surface area contributed by atoms with Gasteiger partial charge in [-0.15, -0.1) is 0 Å². The predicted molar refractivity (Wildman–Crippen MR) is 140 cm³/mol. The summed E-state index contributed by atoms with van der Waals surface area (Å²) in [4.78, 5) is 38.3. The largest absolute Gasteiger partial charge is 0.486 e. The van der Waals surface area contributed by atoms with Gasteiger partial charge in [0.15, 0.2) is 5.75 Å². The molecule has 4 rings (SSSR count). The molecule has 0 spiro atoms. The number of nitrogens with one attached hydrogen (secondary N) is 1. The lowest BCUT2D eigenvalue weighted by molar-refractivity contribution is -0.127. The van der Waals surface area contributed by atoms with E-state index >= 15 is 0 Å². The zero-order valence-electron chi connectivity index (χ0n) is 18.3. The second kappa shape index (κ2) is 11.3. The summed E-state index contributed by atoms with van der Waals surface area (Å²) in [6, 6.07) is 15.8. The normalized spacial score (nSPS) is 14.4. The molecule has 1 heterocycles. The summed E-state index contributed by atoms with van der Waals surface area (Å²) in [5, 5.41) is 2.75. The first-order valence-corrected chi connectivity index (χ1v) is 12.3. The van der Waals surface area contributed by atoms with Crippen LogP contribution in [-0.4, -0.2) is 28.5 Å². The molecule has 3 aromatic rings. The van der Waals surface area contributed by atoms with E-state index in [-0.39, 0.29) is 33.0 Å². The number of carbonyl (C=O) groups excluding carboxylic acids is 3. The maximum atomic E-state index is 13.8. The van der Waals surface area contributed by atoms with E-state index in [0.717, 1.165) is 10.5 Å². The summed E-state index contributed by atoms with van der Waals surface area (Å²) < 4.78 is 19.5. The van der Waals surface area contributed by atoms with Crippen LogP contribution in [0.1, 0.15) is 11.1 Å². The molecule has 0 aliphatic carbocycles. The Kier molecular flexibility index (Phi) is 8.21. The van der Waals surface area contributed by atoms with E-state index in [1.807, 2.05) is 12.1 Å². The first-order chi connectivity index (χ1) is 17.2. The van der Waals surface area contributed by atoms with Crippen molar-refractivity contribution >= 4 is 75.4 Å². The molecule has 0 radical (unpaired) electrons. The molecule has 1 fully saturated rings. The van der Waals surface area contributed by atoms with Gasteiger partial charge in [0.1, 0.15) is 19.0 Å². The smallest absolute Gasteiger partial charge is 0.294 e. The molecule has 3 amide bonds. The fourth-order valence-electron chi connectivity index (χ4n) is 3.22. The summed E-state index contributed by atoms with van der Waals surface area (Å²) >= 11 is 19.3. The van der Waals surface area contributed by atoms with Crippen LogP contribution in [0.15, 0.2) is 65.6 Å². The monoisotopic (exact) mass is 564 g/mol. The second-order valence-electron chi connectivity index (χ2n) is 7.52. The molecular formula is C25H16Cl3FN2O4S. The highest BCUT2D eigenvalue weighted by atomic mass is 35.5. The number of benzene rings is 3. The zero-order chi connectivity index (χ0) is 25.8. The van der Waals surface area contributed by atoms with Crippen molar-refractivity contribution in [2.45, 2.75) is 6.61 Å². The molecule has 3 aromatic carbocycles. The van der Waals surface area contributed by atoms with E-state index in [1.165, 1.54) is 24.3 Å². The number of imide groups is 1. The van der Waals surface area contributed by atoms with E-state index in [2.05, 4.69) is 5.32 Å². The van der Waals surface area contributed by atoms with Gasteiger partial charge < -0.3 is 10.1 Å². The Balaban J connectivity index is 1.44. The lowest BCUT2D eigenvalue weighted by atomic mass is 10.2. The number of halogens is 4. The van der Waals surface area contributed by atoms with Crippen LogP contribution in [0.5, 0.6) is 5.75 Å². The van der Waals surface area contributed by atoms with Crippen molar-refractivity contribution in [1.29, 1.82) is 0 Å². The number of carbonyl (C=O) groups is 3. The summed E-state index contributed by atoms with van der Waals surface area (Å²) in [5.41, 5.74) is 1.28. The summed E-state index contributed by atoms with van der Waals surface area (Å²) in [6.07, 6.45) is 1.44. The van der Waals surface area contributed by atoms with Crippen molar-refractivity contribution in [2.75, 3.05) is 11.9 Å². The Labute approximate surface area is 225 Å². The van der Waals surface area contributed by atoms with Crippen LogP contribution in [0, 0.1) is 5.82 Å². The summed E-state index contributed by atoms with van der Waals surface area (Å²) in [6.45, 7) is -0.348. The van der Waals surface area contributed by atoms with Gasteiger partial charge in [-0.3, -0.25) is 19.3 Å². The molecular weight excluding hydrogens is 550 g/mol. The molecule has 1 aliphatic heterocycles. The maximum Gasteiger partial charge on any atom is 0.294 e. The number of ether oxygens (including phenoxy) is 1. The van der Waals surface area contributed by atoms with Gasteiger partial charge in [-0.2, -0.15) is 0 Å².